The van der Waals surface area contributed by atoms with E-state index in [9.17, 15) is 8.42 Å². The van der Waals surface area contributed by atoms with Gasteiger partial charge in [0.05, 0.1) is 20.2 Å². The van der Waals surface area contributed by atoms with Crippen LogP contribution in [0.3, 0.4) is 0 Å². The van der Waals surface area contributed by atoms with Crippen molar-refractivity contribution in [2.75, 3.05) is 20.2 Å². The summed E-state index contributed by atoms with van der Waals surface area (Å²) in [5.74, 6) is 0.863. The normalized spacial score (nSPS) is 15.9. The van der Waals surface area contributed by atoms with Crippen LogP contribution in [0.4, 0.5) is 0 Å². The summed E-state index contributed by atoms with van der Waals surface area (Å²) in [7, 11) is -2.11. The maximum atomic E-state index is 12.6. The van der Waals surface area contributed by atoms with Crippen molar-refractivity contribution in [3.8, 4) is 11.6 Å². The van der Waals surface area contributed by atoms with Gasteiger partial charge in [-0.2, -0.15) is 4.31 Å². The van der Waals surface area contributed by atoms with Gasteiger partial charge in [-0.05, 0) is 25.1 Å². The van der Waals surface area contributed by atoms with Gasteiger partial charge in [-0.25, -0.2) is 13.4 Å². The van der Waals surface area contributed by atoms with Crippen molar-refractivity contribution in [2.45, 2.75) is 17.9 Å². The Morgan fingerprint density at radius 1 is 1.13 bits per heavy atom. The van der Waals surface area contributed by atoms with Gasteiger partial charge in [0, 0.05) is 11.8 Å². The number of aryl methyl sites for hydroxylation is 1. The Labute approximate surface area is 135 Å². The van der Waals surface area contributed by atoms with Crippen LogP contribution in [0.1, 0.15) is 5.69 Å². The molecule has 0 bridgehead atoms. The summed E-state index contributed by atoms with van der Waals surface area (Å²) in [4.78, 5) is 4.43. The molecule has 0 amide bonds. The van der Waals surface area contributed by atoms with Crippen LogP contribution in [0, 0.1) is 6.92 Å². The zero-order chi connectivity index (χ0) is 16.4. The minimum absolute atomic E-state index is 0.176. The summed E-state index contributed by atoms with van der Waals surface area (Å²) in [6.45, 7) is 2.48. The summed E-state index contributed by atoms with van der Waals surface area (Å²) in [5.41, 5.74) is 0.861. The number of methoxy groups -OCH3 is 1. The van der Waals surface area contributed by atoms with Crippen molar-refractivity contribution in [3.05, 3.63) is 48.2 Å². The van der Waals surface area contributed by atoms with Crippen LogP contribution in [0.2, 0.25) is 0 Å². The van der Waals surface area contributed by atoms with E-state index in [1.165, 1.54) is 11.4 Å². The molecule has 1 aliphatic rings. The number of sulfonamides is 1. The standard InChI is InChI=1S/C16H18N2O4S/c1-12-6-5-9-16(17-12)22-13-10-18(11-13)23(19,20)15-8-4-3-7-14(15)21-2/h3-9,13H,10-11H2,1-2H3. The third-order valence-electron chi connectivity index (χ3n) is 3.65. The van der Waals surface area contributed by atoms with E-state index in [1.54, 1.807) is 30.3 Å². The molecule has 2 heterocycles. The largest absolute Gasteiger partial charge is 0.495 e. The second-order valence-electron chi connectivity index (χ2n) is 5.33. The molecule has 1 saturated heterocycles. The van der Waals surface area contributed by atoms with E-state index in [4.69, 9.17) is 9.47 Å². The summed E-state index contributed by atoms with van der Waals surface area (Å²) in [5, 5.41) is 0. The molecule has 122 valence electrons. The van der Waals surface area contributed by atoms with Gasteiger partial charge in [0.15, 0.2) is 0 Å². The lowest BCUT2D eigenvalue weighted by molar-refractivity contribution is 0.0718. The third-order valence-corrected chi connectivity index (χ3v) is 5.52. The average molecular weight is 334 g/mol. The maximum absolute atomic E-state index is 12.6. The number of ether oxygens (including phenoxy) is 2. The van der Waals surface area contributed by atoms with Crippen molar-refractivity contribution < 1.29 is 17.9 Å². The first kappa shape index (κ1) is 15.8. The number of para-hydroxylation sites is 1. The van der Waals surface area contributed by atoms with Crippen LogP contribution >= 0.6 is 0 Å². The van der Waals surface area contributed by atoms with Gasteiger partial charge in [0.2, 0.25) is 15.9 Å². The predicted molar refractivity (Wildman–Crippen MR) is 85.1 cm³/mol. The molecule has 1 aromatic heterocycles. The summed E-state index contributed by atoms with van der Waals surface area (Å²) < 4.78 is 37.5. The van der Waals surface area contributed by atoms with E-state index < -0.39 is 10.0 Å². The first-order valence-corrected chi connectivity index (χ1v) is 8.68. The lowest BCUT2D eigenvalue weighted by atomic mass is 10.2. The first-order chi connectivity index (χ1) is 11.0. The molecular formula is C16H18N2O4S. The molecule has 0 saturated carbocycles. The van der Waals surface area contributed by atoms with E-state index >= 15 is 0 Å². The molecule has 1 aromatic carbocycles. The molecule has 0 atom stereocenters. The van der Waals surface area contributed by atoms with Crippen molar-refractivity contribution in [1.29, 1.82) is 0 Å². The second kappa shape index (κ2) is 6.17. The SMILES string of the molecule is COc1ccccc1S(=O)(=O)N1CC(Oc2cccc(C)n2)C1. The van der Waals surface area contributed by atoms with Gasteiger partial charge in [-0.15, -0.1) is 0 Å². The van der Waals surface area contributed by atoms with Crippen molar-refractivity contribution >= 4 is 10.0 Å². The summed E-state index contributed by atoms with van der Waals surface area (Å²) >= 11 is 0. The van der Waals surface area contributed by atoms with Crippen LogP contribution in [0.25, 0.3) is 0 Å². The Bertz CT molecular complexity index is 801. The fourth-order valence-electron chi connectivity index (χ4n) is 2.40. The number of nitrogens with zero attached hydrogens (tertiary/aromatic N) is 2. The minimum atomic E-state index is -3.57. The fraction of sp³-hybridized carbons (Fsp3) is 0.312. The van der Waals surface area contributed by atoms with Crippen molar-refractivity contribution in [1.82, 2.24) is 9.29 Å². The predicted octanol–water partition coefficient (Wildman–Crippen LogP) is 1.85. The molecule has 23 heavy (non-hydrogen) atoms. The molecule has 0 spiro atoms. The second-order valence-corrected chi connectivity index (χ2v) is 7.24. The Hall–Kier alpha value is -2.12. The number of rotatable bonds is 5. The Morgan fingerprint density at radius 2 is 1.87 bits per heavy atom. The first-order valence-electron chi connectivity index (χ1n) is 7.24. The van der Waals surface area contributed by atoms with E-state index in [0.29, 0.717) is 24.7 Å². The maximum Gasteiger partial charge on any atom is 0.247 e. The Balaban J connectivity index is 1.68. The van der Waals surface area contributed by atoms with Crippen molar-refractivity contribution in [2.24, 2.45) is 0 Å². The average Bonchev–Trinajstić information content (AvgIpc) is 2.50. The van der Waals surface area contributed by atoms with Crippen LogP contribution in [0.5, 0.6) is 11.6 Å². The van der Waals surface area contributed by atoms with Gasteiger partial charge in [-0.1, -0.05) is 18.2 Å². The topological polar surface area (TPSA) is 68.7 Å². The van der Waals surface area contributed by atoms with Crippen LogP contribution < -0.4 is 9.47 Å². The smallest absolute Gasteiger partial charge is 0.247 e. The molecule has 2 aromatic rings. The highest BCUT2D eigenvalue weighted by Gasteiger charge is 2.39. The lowest BCUT2D eigenvalue weighted by Gasteiger charge is -2.37. The molecule has 0 unspecified atom stereocenters. The molecule has 7 heteroatoms. The summed E-state index contributed by atoms with van der Waals surface area (Å²) in [6, 6.07) is 12.1. The molecule has 1 aliphatic heterocycles. The van der Waals surface area contributed by atoms with Gasteiger partial charge in [0.1, 0.15) is 16.7 Å². The third kappa shape index (κ3) is 3.16. The molecule has 3 rings (SSSR count). The van der Waals surface area contributed by atoms with Crippen LogP contribution in [0.15, 0.2) is 47.4 Å². The minimum Gasteiger partial charge on any atom is -0.495 e. The molecule has 0 N–H and O–H groups in total. The number of benzene rings is 1. The Kier molecular flexibility index (Phi) is 4.23. The summed E-state index contributed by atoms with van der Waals surface area (Å²) in [6.07, 6.45) is -0.186. The van der Waals surface area contributed by atoms with Gasteiger partial charge >= 0.3 is 0 Å². The highest BCUT2D eigenvalue weighted by atomic mass is 32.2. The quantitative estimate of drug-likeness (QED) is 0.835. The lowest BCUT2D eigenvalue weighted by Crippen LogP contribution is -2.56. The van der Waals surface area contributed by atoms with Gasteiger partial charge in [-0.3, -0.25) is 0 Å². The number of aromatic nitrogens is 1. The number of pyridine rings is 1. The Morgan fingerprint density at radius 3 is 2.57 bits per heavy atom. The van der Waals surface area contributed by atoms with Gasteiger partial charge < -0.3 is 9.47 Å². The van der Waals surface area contributed by atoms with Crippen LogP contribution in [-0.4, -0.2) is 44.0 Å². The molecule has 6 nitrogen and oxygen atoms in total. The number of hydrogen-bond acceptors (Lipinski definition) is 5. The number of hydrogen-bond donors (Lipinski definition) is 0. The monoisotopic (exact) mass is 334 g/mol. The molecular weight excluding hydrogens is 316 g/mol. The van der Waals surface area contributed by atoms with E-state index in [0.717, 1.165) is 5.69 Å². The zero-order valence-corrected chi connectivity index (χ0v) is 13.8. The molecule has 0 aliphatic carbocycles. The van der Waals surface area contributed by atoms with E-state index in [1.807, 2.05) is 19.1 Å². The van der Waals surface area contributed by atoms with Gasteiger partial charge in [0.25, 0.3) is 0 Å². The van der Waals surface area contributed by atoms with Crippen molar-refractivity contribution in [3.63, 3.8) is 0 Å². The molecule has 1 fully saturated rings. The van der Waals surface area contributed by atoms with E-state index in [2.05, 4.69) is 4.98 Å². The highest BCUT2D eigenvalue weighted by molar-refractivity contribution is 7.89. The molecule has 0 radical (unpaired) electrons. The van der Waals surface area contributed by atoms with Crippen LogP contribution in [-0.2, 0) is 10.0 Å². The highest BCUT2D eigenvalue weighted by Crippen LogP contribution is 2.29. The zero-order valence-electron chi connectivity index (χ0n) is 13.0. The van der Waals surface area contributed by atoms with E-state index in [-0.39, 0.29) is 11.0 Å². The fourth-order valence-corrected chi connectivity index (χ4v) is 4.06.